The molecular weight excluding hydrogens is 467 g/mol. The molecule has 1 aromatic heterocycles. The topological polar surface area (TPSA) is 66.5 Å². The summed E-state index contributed by atoms with van der Waals surface area (Å²) in [7, 11) is -4.05. The number of carbonyl (C=O) groups is 1. The molecule has 0 spiro atoms. The maximum absolute atomic E-state index is 14.4. The number of nitrogens with zero attached hydrogens (tertiary/aromatic N) is 1. The smallest absolute Gasteiger partial charge is 0.274 e. The van der Waals surface area contributed by atoms with Gasteiger partial charge in [-0.25, -0.2) is 12.8 Å². The number of thiophene rings is 1. The highest BCUT2D eigenvalue weighted by molar-refractivity contribution is 7.98. The standard InChI is InChI=1S/C23H25FN2O3S3/c1-18-7-4-8-19(15-18)17-30-13-6-12-25-22(27)16-26(21-10-3-2-9-20(21)24)32(28,29)23-11-5-14-31-23/h2-5,7-11,14-15H,6,12-13,16-17H2,1H3,(H,25,27). The molecule has 5 nitrogen and oxygen atoms in total. The van der Waals surface area contributed by atoms with Crippen LogP contribution in [0.25, 0.3) is 0 Å². The van der Waals surface area contributed by atoms with Crippen LogP contribution in [0.5, 0.6) is 0 Å². The van der Waals surface area contributed by atoms with Gasteiger partial charge in [0, 0.05) is 12.3 Å². The Labute approximate surface area is 196 Å². The molecule has 1 amide bonds. The van der Waals surface area contributed by atoms with Crippen molar-refractivity contribution in [1.82, 2.24) is 5.32 Å². The van der Waals surface area contributed by atoms with Crippen LogP contribution in [0.15, 0.2) is 70.3 Å². The van der Waals surface area contributed by atoms with Gasteiger partial charge in [0.05, 0.1) is 5.69 Å². The first-order chi connectivity index (χ1) is 15.4. The number of amides is 1. The third-order valence-electron chi connectivity index (χ3n) is 4.59. The summed E-state index contributed by atoms with van der Waals surface area (Å²) in [6.07, 6.45) is 0.750. The highest BCUT2D eigenvalue weighted by Gasteiger charge is 2.29. The Morgan fingerprint density at radius 1 is 1.12 bits per heavy atom. The van der Waals surface area contributed by atoms with E-state index in [-0.39, 0.29) is 9.90 Å². The number of aryl methyl sites for hydroxylation is 1. The zero-order chi connectivity index (χ0) is 23.0. The van der Waals surface area contributed by atoms with Crippen LogP contribution >= 0.6 is 23.1 Å². The van der Waals surface area contributed by atoms with E-state index in [1.807, 2.05) is 6.07 Å². The average molecular weight is 493 g/mol. The summed E-state index contributed by atoms with van der Waals surface area (Å²) < 4.78 is 41.4. The number of hydrogen-bond acceptors (Lipinski definition) is 5. The van der Waals surface area contributed by atoms with Crippen LogP contribution in [-0.2, 0) is 20.6 Å². The lowest BCUT2D eigenvalue weighted by Crippen LogP contribution is -2.41. The molecule has 170 valence electrons. The molecular formula is C23H25FN2O3S3. The van der Waals surface area contributed by atoms with Gasteiger partial charge in [-0.2, -0.15) is 11.8 Å². The predicted octanol–water partition coefficient (Wildman–Crippen LogP) is 4.83. The first kappa shape index (κ1) is 24.3. The first-order valence-corrected chi connectivity index (χ1v) is 13.6. The molecule has 9 heteroatoms. The second-order valence-electron chi connectivity index (χ2n) is 7.14. The molecule has 1 heterocycles. The molecule has 3 rings (SSSR count). The first-order valence-electron chi connectivity index (χ1n) is 10.1. The lowest BCUT2D eigenvalue weighted by molar-refractivity contribution is -0.119. The van der Waals surface area contributed by atoms with Crippen molar-refractivity contribution in [2.45, 2.75) is 23.3 Å². The minimum absolute atomic E-state index is 0.0566. The minimum atomic E-state index is -4.05. The van der Waals surface area contributed by atoms with E-state index in [0.717, 1.165) is 33.6 Å². The second kappa shape index (κ2) is 11.5. The third kappa shape index (κ3) is 6.57. The molecule has 3 aromatic rings. The Balaban J connectivity index is 1.54. The molecule has 0 aliphatic rings. The zero-order valence-electron chi connectivity index (χ0n) is 17.7. The van der Waals surface area contributed by atoms with Crippen molar-refractivity contribution in [2.24, 2.45) is 0 Å². The van der Waals surface area contributed by atoms with E-state index >= 15 is 0 Å². The van der Waals surface area contributed by atoms with Crippen LogP contribution in [0.4, 0.5) is 10.1 Å². The van der Waals surface area contributed by atoms with E-state index in [1.54, 1.807) is 29.3 Å². The van der Waals surface area contributed by atoms with Crippen LogP contribution in [0.2, 0.25) is 0 Å². The number of rotatable bonds is 11. The SMILES string of the molecule is Cc1cccc(CSCCCNC(=O)CN(c2ccccc2F)S(=O)(=O)c2cccs2)c1. The molecule has 0 bridgehead atoms. The fourth-order valence-electron chi connectivity index (χ4n) is 3.05. The largest absolute Gasteiger partial charge is 0.354 e. The van der Waals surface area contributed by atoms with Gasteiger partial charge in [-0.05, 0) is 48.2 Å². The van der Waals surface area contributed by atoms with Gasteiger partial charge in [0.2, 0.25) is 5.91 Å². The van der Waals surface area contributed by atoms with Crippen LogP contribution in [0.1, 0.15) is 17.5 Å². The lowest BCUT2D eigenvalue weighted by Gasteiger charge is -2.23. The van der Waals surface area contributed by atoms with Crippen molar-refractivity contribution in [1.29, 1.82) is 0 Å². The van der Waals surface area contributed by atoms with E-state index in [0.29, 0.717) is 6.54 Å². The quantitative estimate of drug-likeness (QED) is 0.390. The van der Waals surface area contributed by atoms with E-state index < -0.39 is 28.3 Å². The molecule has 1 N–H and O–H groups in total. The number of carbonyl (C=O) groups excluding carboxylic acids is 1. The van der Waals surface area contributed by atoms with Gasteiger partial charge < -0.3 is 5.32 Å². The number of benzene rings is 2. The molecule has 0 saturated heterocycles. The number of nitrogens with one attached hydrogen (secondary N) is 1. The lowest BCUT2D eigenvalue weighted by atomic mass is 10.2. The van der Waals surface area contributed by atoms with Gasteiger partial charge in [0.25, 0.3) is 10.0 Å². The number of sulfonamides is 1. The van der Waals surface area contributed by atoms with E-state index in [9.17, 15) is 17.6 Å². The monoisotopic (exact) mass is 492 g/mol. The van der Waals surface area contributed by atoms with E-state index in [2.05, 4.69) is 30.4 Å². The summed E-state index contributed by atoms with van der Waals surface area (Å²) in [5.74, 6) is 0.583. The van der Waals surface area contributed by atoms with Crippen LogP contribution in [-0.4, -0.2) is 33.2 Å². The van der Waals surface area contributed by atoms with Crippen molar-refractivity contribution >= 4 is 44.7 Å². The minimum Gasteiger partial charge on any atom is -0.354 e. The van der Waals surface area contributed by atoms with Gasteiger partial charge in [-0.3, -0.25) is 9.10 Å². The van der Waals surface area contributed by atoms with E-state index in [4.69, 9.17) is 0 Å². The fraction of sp³-hybridized carbons (Fsp3) is 0.261. The molecule has 2 aromatic carbocycles. The van der Waals surface area contributed by atoms with Gasteiger partial charge in [-0.15, -0.1) is 11.3 Å². The Morgan fingerprint density at radius 2 is 1.94 bits per heavy atom. The highest BCUT2D eigenvalue weighted by atomic mass is 32.2. The highest BCUT2D eigenvalue weighted by Crippen LogP contribution is 2.28. The predicted molar refractivity (Wildman–Crippen MR) is 130 cm³/mol. The zero-order valence-corrected chi connectivity index (χ0v) is 20.1. The van der Waals surface area contributed by atoms with Crippen molar-refractivity contribution in [3.05, 3.63) is 83.0 Å². The molecule has 0 atom stereocenters. The summed E-state index contributed by atoms with van der Waals surface area (Å²) in [5.41, 5.74) is 2.34. The summed E-state index contributed by atoms with van der Waals surface area (Å²) in [6.45, 7) is 1.99. The fourth-order valence-corrected chi connectivity index (χ4v) is 6.49. The molecule has 0 fully saturated rings. The van der Waals surface area contributed by atoms with E-state index in [1.165, 1.54) is 35.4 Å². The van der Waals surface area contributed by atoms with Gasteiger partial charge in [0.1, 0.15) is 16.6 Å². The number of anilines is 1. The van der Waals surface area contributed by atoms with Gasteiger partial charge >= 0.3 is 0 Å². The van der Waals surface area contributed by atoms with Gasteiger partial charge in [-0.1, -0.05) is 48.0 Å². The van der Waals surface area contributed by atoms with Crippen LogP contribution in [0, 0.1) is 12.7 Å². The number of halogens is 1. The average Bonchev–Trinajstić information content (AvgIpc) is 3.31. The van der Waals surface area contributed by atoms with Crippen molar-refractivity contribution in [2.75, 3.05) is 23.1 Å². The second-order valence-corrected chi connectivity index (χ2v) is 11.3. The Morgan fingerprint density at radius 3 is 2.66 bits per heavy atom. The summed E-state index contributed by atoms with van der Waals surface area (Å²) in [6, 6.07) is 16.9. The van der Waals surface area contributed by atoms with Crippen molar-refractivity contribution in [3.63, 3.8) is 0 Å². The van der Waals surface area contributed by atoms with Gasteiger partial charge in [0.15, 0.2) is 0 Å². The van der Waals surface area contributed by atoms with Crippen molar-refractivity contribution < 1.29 is 17.6 Å². The molecule has 32 heavy (non-hydrogen) atoms. The summed E-state index contributed by atoms with van der Waals surface area (Å²) >= 11 is 2.80. The molecule has 0 aliphatic heterocycles. The third-order valence-corrected chi connectivity index (χ3v) is 8.83. The summed E-state index contributed by atoms with van der Waals surface area (Å²) in [5, 5.41) is 4.38. The Bertz CT molecular complexity index is 1130. The Hall–Kier alpha value is -2.36. The van der Waals surface area contributed by atoms with Crippen LogP contribution in [0.3, 0.4) is 0 Å². The number of thioether (sulfide) groups is 1. The summed E-state index contributed by atoms with van der Waals surface area (Å²) in [4.78, 5) is 12.5. The normalized spacial score (nSPS) is 11.3. The maximum Gasteiger partial charge on any atom is 0.274 e. The molecule has 0 unspecified atom stereocenters. The molecule has 0 radical (unpaired) electrons. The van der Waals surface area contributed by atoms with Crippen LogP contribution < -0.4 is 9.62 Å². The molecule has 0 aliphatic carbocycles. The maximum atomic E-state index is 14.4. The molecule has 0 saturated carbocycles. The number of para-hydroxylation sites is 1. The van der Waals surface area contributed by atoms with Crippen molar-refractivity contribution in [3.8, 4) is 0 Å². The Kier molecular flexibility index (Phi) is 8.72. The number of hydrogen-bond donors (Lipinski definition) is 1.